The van der Waals surface area contributed by atoms with E-state index in [4.69, 9.17) is 23.2 Å². The fourth-order valence-corrected chi connectivity index (χ4v) is 2.55. The molecule has 5 heteroatoms. The molecule has 74 valence electrons. The number of nitrogens with zero attached hydrogens (tertiary/aromatic N) is 1. The molecule has 0 amide bonds. The highest BCUT2D eigenvalue weighted by Gasteiger charge is 2.18. The minimum Gasteiger partial charge on any atom is -0.247 e. The molecule has 1 aliphatic heterocycles. The van der Waals surface area contributed by atoms with Gasteiger partial charge in [0.2, 0.25) is 0 Å². The van der Waals surface area contributed by atoms with E-state index >= 15 is 0 Å². The van der Waals surface area contributed by atoms with Crippen molar-refractivity contribution in [3.05, 3.63) is 27.7 Å². The molecule has 1 aromatic carbocycles. The second kappa shape index (κ2) is 4.01. The molecule has 0 unspecified atom stereocenters. The first-order valence-electron chi connectivity index (χ1n) is 4.20. The van der Waals surface area contributed by atoms with Gasteiger partial charge in [0, 0.05) is 17.5 Å². The highest BCUT2D eigenvalue weighted by atomic mass is 35.5. The number of hydrazone groups is 1. The van der Waals surface area contributed by atoms with Crippen molar-refractivity contribution >= 4 is 40.9 Å². The third-order valence-electron chi connectivity index (χ3n) is 2.02. The highest BCUT2D eigenvalue weighted by molar-refractivity contribution is 7.97. The van der Waals surface area contributed by atoms with Crippen molar-refractivity contribution in [2.75, 3.05) is 0 Å². The van der Waals surface area contributed by atoms with Crippen LogP contribution in [0.25, 0.3) is 0 Å². The summed E-state index contributed by atoms with van der Waals surface area (Å²) in [6.45, 7) is 2.06. The standard InChI is InChI=1S/C9H8Cl2N2S/c1-2-7-5-3-4-6(10)8(11)9(5)14-13-12-7/h3-4,13H,2H2,1H3. The number of hydrogen-bond donors (Lipinski definition) is 1. The van der Waals surface area contributed by atoms with Crippen LogP contribution in [0, 0.1) is 0 Å². The molecule has 0 spiro atoms. The van der Waals surface area contributed by atoms with Crippen LogP contribution >= 0.6 is 35.1 Å². The second-order valence-corrected chi connectivity index (χ2v) is 4.42. The predicted molar refractivity (Wildman–Crippen MR) is 62.3 cm³/mol. The molecule has 1 heterocycles. The van der Waals surface area contributed by atoms with Crippen LogP contribution in [-0.2, 0) is 0 Å². The van der Waals surface area contributed by atoms with Gasteiger partial charge in [-0.3, -0.25) is 0 Å². The fourth-order valence-electron chi connectivity index (χ4n) is 1.31. The number of benzene rings is 1. The molecular formula is C9H8Cl2N2S. The van der Waals surface area contributed by atoms with Gasteiger partial charge in [-0.2, -0.15) is 5.10 Å². The summed E-state index contributed by atoms with van der Waals surface area (Å²) in [6, 6.07) is 3.76. The van der Waals surface area contributed by atoms with E-state index < -0.39 is 0 Å². The summed E-state index contributed by atoms with van der Waals surface area (Å²) in [5.41, 5.74) is 2.09. The first kappa shape index (κ1) is 10.1. The number of rotatable bonds is 1. The van der Waals surface area contributed by atoms with Gasteiger partial charge in [-0.1, -0.05) is 36.2 Å². The van der Waals surface area contributed by atoms with Gasteiger partial charge in [-0.15, -0.1) is 0 Å². The van der Waals surface area contributed by atoms with Gasteiger partial charge in [0.1, 0.15) is 0 Å². The SMILES string of the molecule is CCC1=NNSc2c1ccc(Cl)c2Cl. The molecule has 2 rings (SSSR count). The van der Waals surface area contributed by atoms with Gasteiger partial charge in [-0.25, -0.2) is 4.83 Å². The average Bonchev–Trinajstić information content (AvgIpc) is 2.23. The normalized spacial score (nSPS) is 14.4. The van der Waals surface area contributed by atoms with Crippen LogP contribution in [-0.4, -0.2) is 5.71 Å². The Labute approximate surface area is 96.8 Å². The molecular weight excluding hydrogens is 239 g/mol. The summed E-state index contributed by atoms with van der Waals surface area (Å²) in [5, 5.41) is 5.37. The van der Waals surface area contributed by atoms with Crippen molar-refractivity contribution in [3.8, 4) is 0 Å². The van der Waals surface area contributed by atoms with E-state index in [9.17, 15) is 0 Å². The zero-order valence-electron chi connectivity index (χ0n) is 7.47. The molecule has 0 aromatic heterocycles. The van der Waals surface area contributed by atoms with Crippen LogP contribution in [0.4, 0.5) is 0 Å². The molecule has 0 fully saturated rings. The molecule has 1 N–H and O–H groups in total. The Bertz CT molecular complexity index is 404. The minimum absolute atomic E-state index is 0.581. The fraction of sp³-hybridized carbons (Fsp3) is 0.222. The summed E-state index contributed by atoms with van der Waals surface area (Å²) in [5.74, 6) is 0. The van der Waals surface area contributed by atoms with Gasteiger partial charge in [0.25, 0.3) is 0 Å². The smallest absolute Gasteiger partial charge is 0.0753 e. The maximum atomic E-state index is 6.09. The maximum Gasteiger partial charge on any atom is 0.0753 e. The van der Waals surface area contributed by atoms with Gasteiger partial charge in [-0.05, 0) is 12.5 Å². The summed E-state index contributed by atoms with van der Waals surface area (Å²) >= 11 is 13.4. The van der Waals surface area contributed by atoms with Crippen LogP contribution in [0.2, 0.25) is 10.0 Å². The van der Waals surface area contributed by atoms with E-state index in [-0.39, 0.29) is 0 Å². The number of hydrogen-bond acceptors (Lipinski definition) is 3. The van der Waals surface area contributed by atoms with E-state index in [0.717, 1.165) is 22.6 Å². The molecule has 0 bridgehead atoms. The van der Waals surface area contributed by atoms with E-state index in [1.54, 1.807) is 6.07 Å². The van der Waals surface area contributed by atoms with Crippen LogP contribution in [0.15, 0.2) is 22.1 Å². The maximum absolute atomic E-state index is 6.09. The quantitative estimate of drug-likeness (QED) is 0.765. The van der Waals surface area contributed by atoms with Gasteiger partial charge in [0.15, 0.2) is 0 Å². The van der Waals surface area contributed by atoms with Gasteiger partial charge in [0.05, 0.1) is 20.7 Å². The van der Waals surface area contributed by atoms with Crippen molar-refractivity contribution in [1.29, 1.82) is 0 Å². The summed E-state index contributed by atoms with van der Waals surface area (Å²) in [7, 11) is 0. The Morgan fingerprint density at radius 1 is 1.43 bits per heavy atom. The van der Waals surface area contributed by atoms with Gasteiger partial charge >= 0.3 is 0 Å². The molecule has 0 radical (unpaired) electrons. The minimum atomic E-state index is 0.581. The van der Waals surface area contributed by atoms with Crippen LogP contribution < -0.4 is 4.83 Å². The zero-order valence-corrected chi connectivity index (χ0v) is 9.80. The van der Waals surface area contributed by atoms with Crippen molar-refractivity contribution in [1.82, 2.24) is 4.83 Å². The van der Waals surface area contributed by atoms with E-state index in [1.807, 2.05) is 6.07 Å². The Hall–Kier alpha value is -0.380. The van der Waals surface area contributed by atoms with E-state index in [1.165, 1.54) is 11.9 Å². The molecule has 0 atom stereocenters. The summed E-state index contributed by atoms with van der Waals surface area (Å²) < 4.78 is 0. The zero-order chi connectivity index (χ0) is 10.1. The topological polar surface area (TPSA) is 24.4 Å². The van der Waals surface area contributed by atoms with Gasteiger partial charge < -0.3 is 0 Å². The summed E-state index contributed by atoms with van der Waals surface area (Å²) in [6.07, 6.45) is 0.874. The monoisotopic (exact) mass is 246 g/mol. The lowest BCUT2D eigenvalue weighted by molar-refractivity contribution is 1.05. The Morgan fingerprint density at radius 2 is 2.21 bits per heavy atom. The van der Waals surface area contributed by atoms with E-state index in [0.29, 0.717) is 10.0 Å². The Balaban J connectivity index is 2.59. The lowest BCUT2D eigenvalue weighted by Crippen LogP contribution is -2.12. The second-order valence-electron chi connectivity index (χ2n) is 2.84. The van der Waals surface area contributed by atoms with Crippen molar-refractivity contribution in [2.24, 2.45) is 5.10 Å². The first-order valence-corrected chi connectivity index (χ1v) is 5.78. The average molecular weight is 247 g/mol. The molecule has 0 saturated heterocycles. The highest BCUT2D eigenvalue weighted by Crippen LogP contribution is 2.37. The molecule has 14 heavy (non-hydrogen) atoms. The lowest BCUT2D eigenvalue weighted by Gasteiger charge is -2.17. The van der Waals surface area contributed by atoms with E-state index in [2.05, 4.69) is 16.9 Å². The van der Waals surface area contributed by atoms with Crippen LogP contribution in [0.5, 0.6) is 0 Å². The van der Waals surface area contributed by atoms with Crippen molar-refractivity contribution in [3.63, 3.8) is 0 Å². The number of fused-ring (bicyclic) bond motifs is 1. The first-order chi connectivity index (χ1) is 6.74. The van der Waals surface area contributed by atoms with Crippen molar-refractivity contribution < 1.29 is 0 Å². The third kappa shape index (κ3) is 1.60. The molecule has 2 nitrogen and oxygen atoms in total. The molecule has 1 aliphatic rings. The third-order valence-corrected chi connectivity index (χ3v) is 3.75. The number of halogens is 2. The predicted octanol–water partition coefficient (Wildman–Crippen LogP) is 3.72. The molecule has 1 aromatic rings. The van der Waals surface area contributed by atoms with Crippen molar-refractivity contribution in [2.45, 2.75) is 18.2 Å². The largest absolute Gasteiger partial charge is 0.247 e. The molecule has 0 aliphatic carbocycles. The Kier molecular flexibility index (Phi) is 2.91. The van der Waals surface area contributed by atoms with Crippen LogP contribution in [0.3, 0.4) is 0 Å². The van der Waals surface area contributed by atoms with Crippen LogP contribution in [0.1, 0.15) is 18.9 Å². The molecule has 0 saturated carbocycles. The summed E-state index contributed by atoms with van der Waals surface area (Å²) in [4.78, 5) is 3.84. The number of nitrogens with one attached hydrogen (secondary N) is 1. The Morgan fingerprint density at radius 3 is 2.93 bits per heavy atom. The lowest BCUT2D eigenvalue weighted by atomic mass is 10.1.